The van der Waals surface area contributed by atoms with Crippen LogP contribution in [0.25, 0.3) is 0 Å². The number of carbonyl (C=O) groups excluding carboxylic acids is 1. The third-order valence-corrected chi connectivity index (χ3v) is 4.41. The summed E-state index contributed by atoms with van der Waals surface area (Å²) in [5.41, 5.74) is 1.02. The minimum Gasteiger partial charge on any atom is -0.497 e. The number of benzene rings is 1. The van der Waals surface area contributed by atoms with E-state index in [1.54, 1.807) is 7.11 Å². The SMILES string of the molecule is COc1ccc(CC(=O)NCCCN2CCCCC2C)cc1. The molecule has 1 N–H and O–H groups in total. The Morgan fingerprint density at radius 2 is 2.09 bits per heavy atom. The van der Waals surface area contributed by atoms with Crippen LogP contribution in [0, 0.1) is 0 Å². The molecule has 1 aliphatic rings. The predicted molar refractivity (Wildman–Crippen MR) is 89.2 cm³/mol. The molecule has 1 unspecified atom stereocenters. The van der Waals surface area contributed by atoms with E-state index in [0.29, 0.717) is 12.5 Å². The van der Waals surface area contributed by atoms with Crippen molar-refractivity contribution < 1.29 is 9.53 Å². The van der Waals surface area contributed by atoms with Crippen LogP contribution in [-0.4, -0.2) is 43.6 Å². The zero-order valence-corrected chi connectivity index (χ0v) is 13.8. The average molecular weight is 304 g/mol. The summed E-state index contributed by atoms with van der Waals surface area (Å²) in [5, 5.41) is 3.02. The van der Waals surface area contributed by atoms with Crippen LogP contribution in [-0.2, 0) is 11.2 Å². The standard InChI is InChI=1S/C18H28N2O2/c1-15-6-3-4-12-20(15)13-5-11-19-18(21)14-16-7-9-17(22-2)10-8-16/h7-10,15H,3-6,11-14H2,1-2H3,(H,19,21). The van der Waals surface area contributed by atoms with Gasteiger partial charge in [-0.1, -0.05) is 18.6 Å². The maximum Gasteiger partial charge on any atom is 0.224 e. The van der Waals surface area contributed by atoms with Gasteiger partial charge in [-0.05, 0) is 50.4 Å². The van der Waals surface area contributed by atoms with Gasteiger partial charge < -0.3 is 15.0 Å². The lowest BCUT2D eigenvalue weighted by molar-refractivity contribution is -0.120. The second-order valence-electron chi connectivity index (χ2n) is 6.11. The second kappa shape index (κ2) is 8.79. The van der Waals surface area contributed by atoms with Crippen LogP contribution in [0.5, 0.6) is 5.75 Å². The fourth-order valence-corrected chi connectivity index (χ4v) is 2.99. The Morgan fingerprint density at radius 1 is 1.32 bits per heavy atom. The molecule has 0 spiro atoms. The molecule has 0 radical (unpaired) electrons. The molecule has 1 aliphatic heterocycles. The molecule has 2 rings (SSSR count). The minimum atomic E-state index is 0.0943. The highest BCUT2D eigenvalue weighted by atomic mass is 16.5. The molecule has 0 aliphatic carbocycles. The number of hydrogen-bond donors (Lipinski definition) is 1. The first-order valence-electron chi connectivity index (χ1n) is 8.32. The van der Waals surface area contributed by atoms with Crippen LogP contribution < -0.4 is 10.1 Å². The summed E-state index contributed by atoms with van der Waals surface area (Å²) in [6.45, 7) is 5.37. The van der Waals surface area contributed by atoms with Crippen LogP contribution in [0.15, 0.2) is 24.3 Å². The molecule has 1 atom stereocenters. The lowest BCUT2D eigenvalue weighted by Gasteiger charge is -2.33. The van der Waals surface area contributed by atoms with Crippen LogP contribution in [0.3, 0.4) is 0 Å². The van der Waals surface area contributed by atoms with Gasteiger partial charge in [0.2, 0.25) is 5.91 Å². The first-order valence-corrected chi connectivity index (χ1v) is 8.32. The van der Waals surface area contributed by atoms with Gasteiger partial charge in [-0.15, -0.1) is 0 Å². The zero-order valence-electron chi connectivity index (χ0n) is 13.8. The average Bonchev–Trinajstić information content (AvgIpc) is 2.54. The van der Waals surface area contributed by atoms with Gasteiger partial charge in [0, 0.05) is 19.1 Å². The molecule has 4 heteroatoms. The maximum absolute atomic E-state index is 11.9. The predicted octanol–water partition coefficient (Wildman–Crippen LogP) is 2.62. The fraction of sp³-hybridized carbons (Fsp3) is 0.611. The Hall–Kier alpha value is -1.55. The third-order valence-electron chi connectivity index (χ3n) is 4.41. The van der Waals surface area contributed by atoms with Gasteiger partial charge in [-0.3, -0.25) is 4.79 Å². The molecule has 4 nitrogen and oxygen atoms in total. The topological polar surface area (TPSA) is 41.6 Å². The number of nitrogens with zero attached hydrogens (tertiary/aromatic N) is 1. The quantitative estimate of drug-likeness (QED) is 0.787. The molecule has 1 heterocycles. The summed E-state index contributed by atoms with van der Waals surface area (Å²) >= 11 is 0. The van der Waals surface area contributed by atoms with E-state index in [2.05, 4.69) is 17.1 Å². The summed E-state index contributed by atoms with van der Waals surface area (Å²) in [7, 11) is 1.64. The van der Waals surface area contributed by atoms with Crippen molar-refractivity contribution in [1.29, 1.82) is 0 Å². The molecule has 122 valence electrons. The lowest BCUT2D eigenvalue weighted by atomic mass is 10.0. The highest BCUT2D eigenvalue weighted by molar-refractivity contribution is 5.78. The molecule has 1 amide bonds. The van der Waals surface area contributed by atoms with Gasteiger partial charge in [0.25, 0.3) is 0 Å². The summed E-state index contributed by atoms with van der Waals surface area (Å²) in [5.74, 6) is 0.914. The van der Waals surface area contributed by atoms with Crippen molar-refractivity contribution in [2.75, 3.05) is 26.7 Å². The Kier molecular flexibility index (Phi) is 6.72. The lowest BCUT2D eigenvalue weighted by Crippen LogP contribution is -2.39. The Bertz CT molecular complexity index is 459. The monoisotopic (exact) mass is 304 g/mol. The Balaban J connectivity index is 1.62. The maximum atomic E-state index is 11.9. The largest absolute Gasteiger partial charge is 0.497 e. The molecular weight excluding hydrogens is 276 g/mol. The van der Waals surface area contributed by atoms with Gasteiger partial charge >= 0.3 is 0 Å². The number of amides is 1. The van der Waals surface area contributed by atoms with Gasteiger partial charge in [0.05, 0.1) is 13.5 Å². The van der Waals surface area contributed by atoms with E-state index in [-0.39, 0.29) is 5.91 Å². The fourth-order valence-electron chi connectivity index (χ4n) is 2.99. The molecule has 1 aromatic carbocycles. The first kappa shape index (κ1) is 16.8. The van der Waals surface area contributed by atoms with Crippen molar-refractivity contribution in [3.63, 3.8) is 0 Å². The van der Waals surface area contributed by atoms with Crippen LogP contribution in [0.4, 0.5) is 0 Å². The van der Waals surface area contributed by atoms with Crippen LogP contribution in [0.2, 0.25) is 0 Å². The molecule has 0 aromatic heterocycles. The smallest absolute Gasteiger partial charge is 0.224 e. The van der Waals surface area contributed by atoms with Crippen LogP contribution in [0.1, 0.15) is 38.2 Å². The van der Waals surface area contributed by atoms with Crippen molar-refractivity contribution in [3.05, 3.63) is 29.8 Å². The van der Waals surface area contributed by atoms with E-state index >= 15 is 0 Å². The highest BCUT2D eigenvalue weighted by Gasteiger charge is 2.17. The van der Waals surface area contributed by atoms with Crippen molar-refractivity contribution >= 4 is 5.91 Å². The minimum absolute atomic E-state index is 0.0943. The van der Waals surface area contributed by atoms with Crippen LogP contribution >= 0.6 is 0 Å². The molecular formula is C18H28N2O2. The first-order chi connectivity index (χ1) is 10.7. The third kappa shape index (κ3) is 5.34. The summed E-state index contributed by atoms with van der Waals surface area (Å²) in [6.07, 6.45) is 5.44. The molecule has 1 aromatic rings. The Labute approximate surface area is 133 Å². The number of hydrogen-bond acceptors (Lipinski definition) is 3. The van der Waals surface area contributed by atoms with Crippen molar-refractivity contribution in [2.45, 2.75) is 45.1 Å². The van der Waals surface area contributed by atoms with E-state index in [4.69, 9.17) is 4.74 Å². The summed E-state index contributed by atoms with van der Waals surface area (Å²) in [6, 6.07) is 8.35. The molecule has 0 saturated carbocycles. The van der Waals surface area contributed by atoms with Gasteiger partial charge in [-0.2, -0.15) is 0 Å². The molecule has 22 heavy (non-hydrogen) atoms. The molecule has 0 bridgehead atoms. The summed E-state index contributed by atoms with van der Waals surface area (Å²) < 4.78 is 5.11. The number of rotatable bonds is 7. The van der Waals surface area contributed by atoms with Gasteiger partial charge in [0.1, 0.15) is 5.75 Å². The second-order valence-corrected chi connectivity index (χ2v) is 6.11. The molecule has 1 fully saturated rings. The van der Waals surface area contributed by atoms with E-state index in [0.717, 1.165) is 30.8 Å². The highest BCUT2D eigenvalue weighted by Crippen LogP contribution is 2.16. The number of likely N-dealkylation sites (tertiary alicyclic amines) is 1. The Morgan fingerprint density at radius 3 is 2.77 bits per heavy atom. The summed E-state index contributed by atoms with van der Waals surface area (Å²) in [4.78, 5) is 14.5. The number of ether oxygens (including phenoxy) is 1. The van der Waals surface area contributed by atoms with Crippen molar-refractivity contribution in [3.8, 4) is 5.75 Å². The van der Waals surface area contributed by atoms with Gasteiger partial charge in [-0.25, -0.2) is 0 Å². The zero-order chi connectivity index (χ0) is 15.8. The normalized spacial score (nSPS) is 18.9. The number of methoxy groups -OCH3 is 1. The van der Waals surface area contributed by atoms with E-state index < -0.39 is 0 Å². The van der Waals surface area contributed by atoms with Crippen molar-refractivity contribution in [1.82, 2.24) is 10.2 Å². The van der Waals surface area contributed by atoms with Crippen molar-refractivity contribution in [2.24, 2.45) is 0 Å². The molecule has 1 saturated heterocycles. The number of nitrogens with one attached hydrogen (secondary N) is 1. The number of carbonyl (C=O) groups is 1. The van der Waals surface area contributed by atoms with E-state index in [9.17, 15) is 4.79 Å². The van der Waals surface area contributed by atoms with E-state index in [1.165, 1.54) is 25.8 Å². The number of piperidine rings is 1. The van der Waals surface area contributed by atoms with E-state index in [1.807, 2.05) is 24.3 Å². The van der Waals surface area contributed by atoms with Gasteiger partial charge in [0.15, 0.2) is 0 Å².